The van der Waals surface area contributed by atoms with E-state index < -0.39 is 0 Å². The van der Waals surface area contributed by atoms with E-state index in [4.69, 9.17) is 0 Å². The molecule has 5 aliphatic rings. The zero-order chi connectivity index (χ0) is 15.0. The third-order valence-electron chi connectivity index (χ3n) is 5.76. The van der Waals surface area contributed by atoms with Gasteiger partial charge in [0.15, 0.2) is 0 Å². The summed E-state index contributed by atoms with van der Waals surface area (Å²) in [7, 11) is 0. The molecule has 22 heavy (non-hydrogen) atoms. The molecular formula is C18H14BrNO2. The van der Waals surface area contributed by atoms with E-state index >= 15 is 0 Å². The molecule has 110 valence electrons. The lowest BCUT2D eigenvalue weighted by atomic mass is 9.50. The van der Waals surface area contributed by atoms with Gasteiger partial charge in [0.25, 0.3) is 0 Å². The van der Waals surface area contributed by atoms with Crippen molar-refractivity contribution in [1.29, 1.82) is 0 Å². The molecule has 1 saturated carbocycles. The molecule has 1 aliphatic heterocycles. The first-order valence-corrected chi connectivity index (χ1v) is 8.46. The van der Waals surface area contributed by atoms with Crippen molar-refractivity contribution >= 4 is 33.4 Å². The third-order valence-corrected chi connectivity index (χ3v) is 6.29. The largest absolute Gasteiger partial charge is 0.274 e. The maximum Gasteiger partial charge on any atom is 0.238 e. The Balaban J connectivity index is 1.58. The molecule has 1 aromatic carbocycles. The second-order valence-electron chi connectivity index (χ2n) is 6.62. The van der Waals surface area contributed by atoms with E-state index in [9.17, 15) is 9.59 Å². The number of allylic oxidation sites excluding steroid dienone is 4. The molecule has 6 atom stereocenters. The molecule has 0 radical (unpaired) electrons. The number of amides is 2. The molecule has 6 rings (SSSR count). The molecule has 2 fully saturated rings. The fraction of sp³-hybridized carbons (Fsp3) is 0.333. The van der Waals surface area contributed by atoms with E-state index in [1.165, 1.54) is 4.90 Å². The van der Waals surface area contributed by atoms with Gasteiger partial charge in [-0.2, -0.15) is 0 Å². The normalized spacial score (nSPS) is 40.7. The zero-order valence-electron chi connectivity index (χ0n) is 11.7. The molecule has 2 bridgehead atoms. The van der Waals surface area contributed by atoms with Gasteiger partial charge in [0.05, 0.1) is 17.5 Å². The van der Waals surface area contributed by atoms with E-state index in [2.05, 4.69) is 40.2 Å². The molecule has 4 heteroatoms. The highest BCUT2D eigenvalue weighted by atomic mass is 79.9. The number of carbonyl (C=O) groups is 2. The monoisotopic (exact) mass is 355 g/mol. The minimum Gasteiger partial charge on any atom is -0.274 e. The first-order valence-electron chi connectivity index (χ1n) is 7.67. The molecule has 0 unspecified atom stereocenters. The molecule has 2 amide bonds. The first kappa shape index (κ1) is 12.8. The van der Waals surface area contributed by atoms with Gasteiger partial charge in [-0.25, -0.2) is 0 Å². The number of nitrogens with zero attached hydrogens (tertiary/aromatic N) is 1. The van der Waals surface area contributed by atoms with Crippen LogP contribution in [0.1, 0.15) is 0 Å². The van der Waals surface area contributed by atoms with Crippen LogP contribution in [0.5, 0.6) is 0 Å². The maximum absolute atomic E-state index is 12.9. The fourth-order valence-corrected chi connectivity index (χ4v) is 5.00. The summed E-state index contributed by atoms with van der Waals surface area (Å²) >= 11 is 3.39. The maximum atomic E-state index is 12.9. The summed E-state index contributed by atoms with van der Waals surface area (Å²) in [6, 6.07) is 7.41. The molecular weight excluding hydrogens is 342 g/mol. The standard InChI is InChI=1S/C18H14BrNO2/c19-9-1-3-10(4-2-9)20-17(21)15-13-7-8-14(16(15)18(20)22)12-6-5-11(12)13/h1-8,11-16H/t11-,12+,13-,14+,15-,16+. The van der Waals surface area contributed by atoms with E-state index in [0.29, 0.717) is 17.5 Å². The Morgan fingerprint density at radius 3 is 1.64 bits per heavy atom. The third kappa shape index (κ3) is 1.42. The summed E-state index contributed by atoms with van der Waals surface area (Å²) in [5, 5.41) is 0. The van der Waals surface area contributed by atoms with Gasteiger partial charge in [-0.1, -0.05) is 40.2 Å². The lowest BCUT2D eigenvalue weighted by Gasteiger charge is -2.51. The Kier molecular flexibility index (Phi) is 2.44. The Labute approximate surface area is 136 Å². The fourth-order valence-electron chi connectivity index (χ4n) is 4.74. The van der Waals surface area contributed by atoms with Gasteiger partial charge in [-0.15, -0.1) is 0 Å². The molecule has 3 nitrogen and oxygen atoms in total. The van der Waals surface area contributed by atoms with Crippen molar-refractivity contribution in [2.75, 3.05) is 4.90 Å². The van der Waals surface area contributed by atoms with Crippen LogP contribution in [0, 0.1) is 35.5 Å². The van der Waals surface area contributed by atoms with Crippen LogP contribution in [0.3, 0.4) is 0 Å². The van der Waals surface area contributed by atoms with Crippen LogP contribution in [0.2, 0.25) is 0 Å². The van der Waals surface area contributed by atoms with Gasteiger partial charge in [0.1, 0.15) is 0 Å². The highest BCUT2D eigenvalue weighted by molar-refractivity contribution is 9.10. The van der Waals surface area contributed by atoms with Gasteiger partial charge in [0, 0.05) is 4.47 Å². The van der Waals surface area contributed by atoms with Crippen molar-refractivity contribution < 1.29 is 9.59 Å². The summed E-state index contributed by atoms with van der Waals surface area (Å²) < 4.78 is 0.941. The minimum absolute atomic E-state index is 0.0181. The van der Waals surface area contributed by atoms with Crippen molar-refractivity contribution in [1.82, 2.24) is 0 Å². The summed E-state index contributed by atoms with van der Waals surface area (Å²) in [4.78, 5) is 27.3. The minimum atomic E-state index is -0.169. The summed E-state index contributed by atoms with van der Waals surface area (Å²) in [5.41, 5.74) is 0.687. The van der Waals surface area contributed by atoms with Gasteiger partial charge in [-0.3, -0.25) is 14.5 Å². The molecule has 0 spiro atoms. The molecule has 1 saturated heterocycles. The lowest BCUT2D eigenvalue weighted by molar-refractivity contribution is -0.127. The van der Waals surface area contributed by atoms with Crippen LogP contribution in [0.25, 0.3) is 0 Å². The predicted octanol–water partition coefficient (Wildman–Crippen LogP) is 3.17. The van der Waals surface area contributed by atoms with Crippen LogP contribution in [-0.4, -0.2) is 11.8 Å². The number of benzene rings is 1. The summed E-state index contributed by atoms with van der Waals surface area (Å²) in [6.07, 6.45) is 8.77. The smallest absolute Gasteiger partial charge is 0.238 e. The van der Waals surface area contributed by atoms with Crippen LogP contribution < -0.4 is 4.90 Å². The number of hydrogen-bond donors (Lipinski definition) is 0. The molecule has 0 aromatic heterocycles. The van der Waals surface area contributed by atoms with Crippen molar-refractivity contribution in [2.24, 2.45) is 35.5 Å². The van der Waals surface area contributed by atoms with Crippen LogP contribution in [0.4, 0.5) is 5.69 Å². The van der Waals surface area contributed by atoms with Gasteiger partial charge >= 0.3 is 0 Å². The average Bonchev–Trinajstić information content (AvgIpc) is 2.74. The Morgan fingerprint density at radius 2 is 1.18 bits per heavy atom. The van der Waals surface area contributed by atoms with E-state index in [-0.39, 0.29) is 35.5 Å². The number of rotatable bonds is 1. The van der Waals surface area contributed by atoms with Crippen LogP contribution in [0.15, 0.2) is 53.0 Å². The van der Waals surface area contributed by atoms with Gasteiger partial charge in [-0.05, 0) is 47.9 Å². The second kappa shape index (κ2) is 4.19. The molecule has 4 aliphatic carbocycles. The van der Waals surface area contributed by atoms with Gasteiger partial charge in [0.2, 0.25) is 11.8 Å². The van der Waals surface area contributed by atoms with Crippen molar-refractivity contribution in [3.05, 3.63) is 53.0 Å². The Morgan fingerprint density at radius 1 is 0.727 bits per heavy atom. The van der Waals surface area contributed by atoms with Crippen molar-refractivity contribution in [3.63, 3.8) is 0 Å². The van der Waals surface area contributed by atoms with Crippen LogP contribution in [-0.2, 0) is 9.59 Å². The Hall–Kier alpha value is -1.68. The number of hydrogen-bond acceptors (Lipinski definition) is 2. The summed E-state index contributed by atoms with van der Waals surface area (Å²) in [6.45, 7) is 0. The second-order valence-corrected chi connectivity index (χ2v) is 7.53. The highest BCUT2D eigenvalue weighted by Crippen LogP contribution is 2.58. The summed E-state index contributed by atoms with van der Waals surface area (Å²) in [5.74, 6) is 0.931. The van der Waals surface area contributed by atoms with E-state index in [0.717, 1.165) is 4.47 Å². The molecule has 0 N–H and O–H groups in total. The number of imide groups is 1. The average molecular weight is 356 g/mol. The Bertz CT molecular complexity index is 711. The highest BCUT2D eigenvalue weighted by Gasteiger charge is 2.62. The quantitative estimate of drug-likeness (QED) is 0.573. The molecule has 1 heterocycles. The van der Waals surface area contributed by atoms with Gasteiger partial charge < -0.3 is 0 Å². The van der Waals surface area contributed by atoms with Crippen molar-refractivity contribution in [2.45, 2.75) is 0 Å². The SMILES string of the molecule is O=C1[C@@H]2[C@@H]3C=C[C@@H]([C@H]4C=C[C@H]43)[C@@H]2C(=O)N1c1ccc(Br)cc1. The van der Waals surface area contributed by atoms with E-state index in [1.54, 1.807) is 0 Å². The number of anilines is 1. The van der Waals surface area contributed by atoms with Crippen molar-refractivity contribution in [3.8, 4) is 0 Å². The predicted molar refractivity (Wildman–Crippen MR) is 85.9 cm³/mol. The number of carbonyl (C=O) groups excluding carboxylic acids is 2. The van der Waals surface area contributed by atoms with Crippen LogP contribution >= 0.6 is 15.9 Å². The van der Waals surface area contributed by atoms with E-state index in [1.807, 2.05) is 24.3 Å². The number of halogens is 1. The zero-order valence-corrected chi connectivity index (χ0v) is 13.3. The molecule has 1 aromatic rings. The lowest BCUT2D eigenvalue weighted by Crippen LogP contribution is -2.50. The first-order chi connectivity index (χ1) is 10.7. The topological polar surface area (TPSA) is 37.4 Å².